The number of thiol groups is 1. The van der Waals surface area contributed by atoms with Crippen LogP contribution >= 0.6 is 12.6 Å². The molecule has 2 rings (SSSR count). The van der Waals surface area contributed by atoms with Gasteiger partial charge in [0.2, 0.25) is 0 Å². The van der Waals surface area contributed by atoms with Gasteiger partial charge >= 0.3 is 0 Å². The predicted octanol–water partition coefficient (Wildman–Crippen LogP) is 2.70. The molecule has 0 unspecified atom stereocenters. The summed E-state index contributed by atoms with van der Waals surface area (Å²) in [5.41, 5.74) is 1.03. The van der Waals surface area contributed by atoms with Crippen LogP contribution in [0.4, 0.5) is 4.39 Å². The summed E-state index contributed by atoms with van der Waals surface area (Å²) in [6, 6.07) is 6.77. The van der Waals surface area contributed by atoms with E-state index in [9.17, 15) is 4.39 Å². The highest BCUT2D eigenvalue weighted by molar-refractivity contribution is 7.81. The average Bonchev–Trinajstić information content (AvgIpc) is 2.22. The summed E-state index contributed by atoms with van der Waals surface area (Å²) in [4.78, 5) is 0. The molecule has 1 heterocycles. The van der Waals surface area contributed by atoms with Crippen LogP contribution in [0.5, 0.6) is 0 Å². The number of hydrogen-bond donors (Lipinski definition) is 1. The molecular formula is C12H15FOS. The molecule has 1 fully saturated rings. The van der Waals surface area contributed by atoms with Crippen molar-refractivity contribution < 1.29 is 9.13 Å². The van der Waals surface area contributed by atoms with Gasteiger partial charge in [0.1, 0.15) is 5.82 Å². The quantitative estimate of drug-likeness (QED) is 0.763. The maximum Gasteiger partial charge on any atom is 0.123 e. The second kappa shape index (κ2) is 4.99. The molecule has 15 heavy (non-hydrogen) atoms. The minimum Gasteiger partial charge on any atom is -0.381 e. The lowest BCUT2D eigenvalue weighted by Gasteiger charge is -2.28. The van der Waals surface area contributed by atoms with E-state index < -0.39 is 0 Å². The van der Waals surface area contributed by atoms with Crippen molar-refractivity contribution in [1.29, 1.82) is 0 Å². The van der Waals surface area contributed by atoms with Gasteiger partial charge in [-0.2, -0.15) is 12.6 Å². The Morgan fingerprint density at radius 3 is 3.07 bits per heavy atom. The lowest BCUT2D eigenvalue weighted by Crippen LogP contribution is -2.29. The van der Waals surface area contributed by atoms with Crippen molar-refractivity contribution in [2.45, 2.75) is 18.1 Å². The molecule has 1 aliphatic heterocycles. The van der Waals surface area contributed by atoms with Gasteiger partial charge in [-0.25, -0.2) is 4.39 Å². The van der Waals surface area contributed by atoms with Crippen LogP contribution in [0.25, 0.3) is 0 Å². The fourth-order valence-corrected chi connectivity index (χ4v) is 2.24. The third-order valence-electron chi connectivity index (χ3n) is 2.82. The molecule has 1 saturated heterocycles. The van der Waals surface area contributed by atoms with Crippen LogP contribution in [-0.2, 0) is 11.2 Å². The van der Waals surface area contributed by atoms with E-state index in [0.29, 0.717) is 11.2 Å². The third-order valence-corrected chi connectivity index (χ3v) is 3.50. The van der Waals surface area contributed by atoms with Gasteiger partial charge in [0, 0.05) is 11.9 Å². The van der Waals surface area contributed by atoms with Gasteiger partial charge in [-0.15, -0.1) is 0 Å². The molecule has 1 aliphatic rings. The number of ether oxygens (including phenoxy) is 1. The van der Waals surface area contributed by atoms with Crippen LogP contribution < -0.4 is 0 Å². The van der Waals surface area contributed by atoms with Crippen molar-refractivity contribution in [3.05, 3.63) is 35.6 Å². The smallest absolute Gasteiger partial charge is 0.123 e. The van der Waals surface area contributed by atoms with Crippen molar-refractivity contribution >= 4 is 12.6 Å². The van der Waals surface area contributed by atoms with Crippen molar-refractivity contribution in [2.75, 3.05) is 13.2 Å². The summed E-state index contributed by atoms with van der Waals surface area (Å²) in [5.74, 6) is 0.240. The molecule has 0 bridgehead atoms. The molecule has 0 aromatic heterocycles. The topological polar surface area (TPSA) is 9.23 Å². The highest BCUT2D eigenvalue weighted by atomic mass is 32.1. The van der Waals surface area contributed by atoms with Crippen molar-refractivity contribution in [3.63, 3.8) is 0 Å². The molecule has 0 N–H and O–H groups in total. The van der Waals surface area contributed by atoms with E-state index in [0.717, 1.165) is 31.6 Å². The monoisotopic (exact) mass is 226 g/mol. The van der Waals surface area contributed by atoms with Gasteiger partial charge in [-0.05, 0) is 36.5 Å². The van der Waals surface area contributed by atoms with Gasteiger partial charge in [0.05, 0.1) is 6.61 Å². The summed E-state index contributed by atoms with van der Waals surface area (Å²) >= 11 is 4.54. The maximum absolute atomic E-state index is 13.0. The number of halogens is 1. The van der Waals surface area contributed by atoms with E-state index in [-0.39, 0.29) is 5.82 Å². The van der Waals surface area contributed by atoms with Crippen LogP contribution in [-0.4, -0.2) is 18.5 Å². The molecule has 0 aliphatic carbocycles. The van der Waals surface area contributed by atoms with E-state index in [1.165, 1.54) is 6.07 Å². The van der Waals surface area contributed by atoms with Gasteiger partial charge in [-0.1, -0.05) is 12.1 Å². The normalized spacial score (nSPS) is 26.5. The first-order valence-corrected chi connectivity index (χ1v) is 5.77. The molecule has 0 radical (unpaired) electrons. The van der Waals surface area contributed by atoms with Crippen LogP contribution in [0.2, 0.25) is 0 Å². The van der Waals surface area contributed by atoms with Gasteiger partial charge < -0.3 is 4.74 Å². The Morgan fingerprint density at radius 1 is 1.47 bits per heavy atom. The fraction of sp³-hybridized carbons (Fsp3) is 0.500. The van der Waals surface area contributed by atoms with Crippen molar-refractivity contribution in [3.8, 4) is 0 Å². The Balaban J connectivity index is 2.01. The Hall–Kier alpha value is -0.540. The predicted molar refractivity (Wildman–Crippen MR) is 61.8 cm³/mol. The lowest BCUT2D eigenvalue weighted by atomic mass is 9.93. The molecule has 3 heteroatoms. The standard InChI is InChI=1S/C12H15FOS/c13-11-3-1-2-9(7-11)6-10-8-14-5-4-12(10)15/h1-3,7,10,12,15H,4-6,8H2/t10-,12-/m1/s1. The molecule has 1 nitrogen and oxygen atoms in total. The van der Waals surface area contributed by atoms with E-state index in [2.05, 4.69) is 12.6 Å². The second-order valence-electron chi connectivity index (χ2n) is 4.03. The largest absolute Gasteiger partial charge is 0.381 e. The zero-order valence-corrected chi connectivity index (χ0v) is 9.42. The summed E-state index contributed by atoms with van der Waals surface area (Å²) in [6.07, 6.45) is 1.84. The zero-order valence-electron chi connectivity index (χ0n) is 8.53. The molecule has 2 atom stereocenters. The Bertz CT molecular complexity index is 329. The highest BCUT2D eigenvalue weighted by Gasteiger charge is 2.22. The SMILES string of the molecule is Fc1cccc(C[C@@H]2COCC[C@H]2S)c1. The Labute approximate surface area is 95.0 Å². The van der Waals surface area contributed by atoms with Crippen LogP contribution in [0.3, 0.4) is 0 Å². The first kappa shape index (κ1) is 11.0. The lowest BCUT2D eigenvalue weighted by molar-refractivity contribution is 0.0596. The summed E-state index contributed by atoms with van der Waals surface area (Å²) < 4.78 is 18.4. The Morgan fingerprint density at radius 2 is 2.33 bits per heavy atom. The van der Waals surface area contributed by atoms with Crippen LogP contribution in [0, 0.1) is 11.7 Å². The zero-order chi connectivity index (χ0) is 10.7. The summed E-state index contributed by atoms with van der Waals surface area (Å²) in [6.45, 7) is 1.54. The van der Waals surface area contributed by atoms with Gasteiger partial charge in [0.15, 0.2) is 0 Å². The van der Waals surface area contributed by atoms with Crippen LogP contribution in [0.1, 0.15) is 12.0 Å². The second-order valence-corrected chi connectivity index (χ2v) is 4.69. The first-order valence-electron chi connectivity index (χ1n) is 5.26. The van der Waals surface area contributed by atoms with E-state index in [4.69, 9.17) is 4.74 Å². The van der Waals surface area contributed by atoms with Crippen LogP contribution in [0.15, 0.2) is 24.3 Å². The van der Waals surface area contributed by atoms with Gasteiger partial charge in [-0.3, -0.25) is 0 Å². The van der Waals surface area contributed by atoms with Gasteiger partial charge in [0.25, 0.3) is 0 Å². The third kappa shape index (κ3) is 2.95. The first-order chi connectivity index (χ1) is 7.25. The molecule has 82 valence electrons. The summed E-state index contributed by atoms with van der Waals surface area (Å²) in [7, 11) is 0. The molecule has 1 aromatic rings. The van der Waals surface area contributed by atoms with Crippen molar-refractivity contribution in [1.82, 2.24) is 0 Å². The minimum absolute atomic E-state index is 0.167. The summed E-state index contributed by atoms with van der Waals surface area (Å²) in [5, 5.41) is 0.377. The number of hydrogen-bond acceptors (Lipinski definition) is 2. The number of benzene rings is 1. The highest BCUT2D eigenvalue weighted by Crippen LogP contribution is 2.23. The average molecular weight is 226 g/mol. The molecule has 0 amide bonds. The molecule has 0 spiro atoms. The molecule has 0 saturated carbocycles. The molecule has 1 aromatic carbocycles. The maximum atomic E-state index is 13.0. The minimum atomic E-state index is -0.167. The van der Waals surface area contributed by atoms with E-state index in [1.807, 2.05) is 6.07 Å². The number of rotatable bonds is 2. The van der Waals surface area contributed by atoms with E-state index in [1.54, 1.807) is 12.1 Å². The Kier molecular flexibility index (Phi) is 3.65. The molecular weight excluding hydrogens is 211 g/mol. The van der Waals surface area contributed by atoms with Crippen molar-refractivity contribution in [2.24, 2.45) is 5.92 Å². The van der Waals surface area contributed by atoms with E-state index >= 15 is 0 Å². The fourth-order valence-electron chi connectivity index (χ4n) is 1.95.